The van der Waals surface area contributed by atoms with Gasteiger partial charge < -0.3 is 14.7 Å². The Morgan fingerprint density at radius 1 is 1.50 bits per heavy atom. The van der Waals surface area contributed by atoms with Crippen molar-refractivity contribution in [2.45, 2.75) is 25.6 Å². The molecule has 0 saturated carbocycles. The highest BCUT2D eigenvalue weighted by molar-refractivity contribution is 5.36. The molecule has 5 nitrogen and oxygen atoms in total. The summed E-state index contributed by atoms with van der Waals surface area (Å²) in [5, 5.41) is 8.88. The van der Waals surface area contributed by atoms with Crippen molar-refractivity contribution in [2.24, 2.45) is 0 Å². The van der Waals surface area contributed by atoms with Crippen LogP contribution in [0, 0.1) is 0 Å². The molecule has 1 aliphatic rings. The summed E-state index contributed by atoms with van der Waals surface area (Å²) in [6.07, 6.45) is 5.83. The molecule has 0 bridgehead atoms. The Bertz CT molecular complexity index is 329. The van der Waals surface area contributed by atoms with Crippen LogP contribution >= 0.6 is 0 Å². The second kappa shape index (κ2) is 5.23. The van der Waals surface area contributed by atoms with E-state index in [4.69, 9.17) is 9.84 Å². The van der Waals surface area contributed by atoms with Crippen LogP contribution in [0.15, 0.2) is 12.4 Å². The Hall–Kier alpha value is -1.20. The van der Waals surface area contributed by atoms with E-state index in [0.717, 1.165) is 31.7 Å². The smallest absolute Gasteiger partial charge is 0.147 e. The van der Waals surface area contributed by atoms with Crippen LogP contribution in [0.1, 0.15) is 18.5 Å². The Labute approximate surface area is 95.1 Å². The van der Waals surface area contributed by atoms with Crippen molar-refractivity contribution in [2.75, 3.05) is 25.1 Å². The quantitative estimate of drug-likeness (QED) is 0.812. The number of anilines is 1. The third kappa shape index (κ3) is 2.48. The molecule has 1 fully saturated rings. The number of aliphatic hydroxyl groups excluding tert-OH is 1. The number of aromatic nitrogens is 2. The van der Waals surface area contributed by atoms with E-state index < -0.39 is 0 Å². The minimum Gasteiger partial charge on any atom is -0.390 e. The zero-order chi connectivity index (χ0) is 11.4. The van der Waals surface area contributed by atoms with Gasteiger partial charge in [0.25, 0.3) is 0 Å². The molecule has 1 aromatic heterocycles. The third-order valence-electron chi connectivity index (χ3n) is 2.89. The van der Waals surface area contributed by atoms with Crippen molar-refractivity contribution in [3.63, 3.8) is 0 Å². The predicted molar refractivity (Wildman–Crippen MR) is 60.2 cm³/mol. The maximum absolute atomic E-state index is 8.88. The van der Waals surface area contributed by atoms with Crippen LogP contribution in [0.25, 0.3) is 0 Å². The molecule has 88 valence electrons. The lowest BCUT2D eigenvalue weighted by molar-refractivity contribution is 0.0891. The Kier molecular flexibility index (Phi) is 3.69. The molecule has 1 aromatic rings. The number of ether oxygens (including phenoxy) is 1. The molecule has 2 rings (SSSR count). The van der Waals surface area contributed by atoms with Gasteiger partial charge in [-0.1, -0.05) is 0 Å². The minimum atomic E-state index is -0.0615. The van der Waals surface area contributed by atoms with Gasteiger partial charge in [-0.05, 0) is 12.8 Å². The van der Waals surface area contributed by atoms with Crippen LogP contribution in [-0.2, 0) is 11.3 Å². The van der Waals surface area contributed by atoms with Crippen LogP contribution in [0.3, 0.4) is 0 Å². The van der Waals surface area contributed by atoms with Crippen LogP contribution < -0.4 is 4.90 Å². The van der Waals surface area contributed by atoms with Gasteiger partial charge >= 0.3 is 0 Å². The highest BCUT2D eigenvalue weighted by Crippen LogP contribution is 2.18. The normalized spacial score (nSPS) is 21.1. The summed E-state index contributed by atoms with van der Waals surface area (Å²) in [4.78, 5) is 10.6. The van der Waals surface area contributed by atoms with Crippen molar-refractivity contribution in [1.82, 2.24) is 9.97 Å². The predicted octanol–water partition coefficient (Wildman–Crippen LogP) is 0.584. The van der Waals surface area contributed by atoms with Gasteiger partial charge in [0.1, 0.15) is 5.82 Å². The first-order valence-electron chi connectivity index (χ1n) is 5.53. The molecule has 0 aromatic carbocycles. The van der Waals surface area contributed by atoms with E-state index in [0.29, 0.717) is 5.69 Å². The summed E-state index contributed by atoms with van der Waals surface area (Å²) < 4.78 is 5.36. The number of hydrogen-bond donors (Lipinski definition) is 1. The molecule has 1 atom stereocenters. The van der Waals surface area contributed by atoms with E-state index in [-0.39, 0.29) is 12.7 Å². The standard InChI is InChI=1S/C11H17N3O2/c1-16-10-3-2-4-14(7-10)11-6-12-9(8-15)5-13-11/h5-6,10,15H,2-4,7-8H2,1H3. The number of aliphatic hydroxyl groups is 1. The van der Waals surface area contributed by atoms with E-state index in [1.165, 1.54) is 0 Å². The monoisotopic (exact) mass is 223 g/mol. The van der Waals surface area contributed by atoms with E-state index in [1.807, 2.05) is 0 Å². The SMILES string of the molecule is COC1CCCN(c2cnc(CO)cn2)C1. The highest BCUT2D eigenvalue weighted by Gasteiger charge is 2.20. The van der Waals surface area contributed by atoms with Gasteiger partial charge in [-0.25, -0.2) is 4.98 Å². The van der Waals surface area contributed by atoms with E-state index in [2.05, 4.69) is 14.9 Å². The number of nitrogens with zero attached hydrogens (tertiary/aromatic N) is 3. The lowest BCUT2D eigenvalue weighted by atomic mass is 10.1. The van der Waals surface area contributed by atoms with Crippen LogP contribution in [-0.4, -0.2) is 41.4 Å². The Balaban J connectivity index is 2.05. The molecule has 1 saturated heterocycles. The summed E-state index contributed by atoms with van der Waals surface area (Å²) in [6.45, 7) is 1.80. The van der Waals surface area contributed by atoms with Gasteiger partial charge in [0, 0.05) is 20.2 Å². The molecular weight excluding hydrogens is 206 g/mol. The average molecular weight is 223 g/mol. The fourth-order valence-corrected chi connectivity index (χ4v) is 1.93. The first-order chi connectivity index (χ1) is 7.83. The van der Waals surface area contributed by atoms with Crippen LogP contribution in [0.2, 0.25) is 0 Å². The second-order valence-electron chi connectivity index (χ2n) is 3.97. The molecular formula is C11H17N3O2. The summed E-state index contributed by atoms with van der Waals surface area (Å²) in [5.74, 6) is 0.860. The molecule has 1 aliphatic heterocycles. The minimum absolute atomic E-state index is 0.0615. The highest BCUT2D eigenvalue weighted by atomic mass is 16.5. The van der Waals surface area contributed by atoms with Crippen LogP contribution in [0.4, 0.5) is 5.82 Å². The maximum Gasteiger partial charge on any atom is 0.147 e. The molecule has 0 spiro atoms. The largest absolute Gasteiger partial charge is 0.390 e. The van der Waals surface area contributed by atoms with E-state index in [1.54, 1.807) is 19.5 Å². The summed E-state index contributed by atoms with van der Waals surface area (Å²) in [6, 6.07) is 0. The van der Waals surface area contributed by atoms with E-state index >= 15 is 0 Å². The number of rotatable bonds is 3. The number of piperidine rings is 1. The van der Waals surface area contributed by atoms with Crippen molar-refractivity contribution >= 4 is 5.82 Å². The van der Waals surface area contributed by atoms with Gasteiger partial charge in [-0.2, -0.15) is 0 Å². The van der Waals surface area contributed by atoms with Crippen molar-refractivity contribution in [3.05, 3.63) is 18.1 Å². The lowest BCUT2D eigenvalue weighted by Crippen LogP contribution is -2.39. The van der Waals surface area contributed by atoms with E-state index in [9.17, 15) is 0 Å². The number of hydrogen-bond acceptors (Lipinski definition) is 5. The third-order valence-corrected chi connectivity index (χ3v) is 2.89. The Morgan fingerprint density at radius 2 is 2.38 bits per heavy atom. The number of methoxy groups -OCH3 is 1. The Morgan fingerprint density at radius 3 is 3.00 bits per heavy atom. The van der Waals surface area contributed by atoms with Gasteiger partial charge in [-0.15, -0.1) is 0 Å². The fourth-order valence-electron chi connectivity index (χ4n) is 1.93. The van der Waals surface area contributed by atoms with Crippen molar-refractivity contribution in [1.29, 1.82) is 0 Å². The molecule has 2 heterocycles. The summed E-state index contributed by atoms with van der Waals surface area (Å²) in [7, 11) is 1.74. The second-order valence-corrected chi connectivity index (χ2v) is 3.97. The van der Waals surface area contributed by atoms with Crippen molar-refractivity contribution in [3.8, 4) is 0 Å². The average Bonchev–Trinajstić information content (AvgIpc) is 2.39. The van der Waals surface area contributed by atoms with Gasteiger partial charge in [0.05, 0.1) is 30.8 Å². The molecule has 5 heteroatoms. The zero-order valence-electron chi connectivity index (χ0n) is 9.46. The lowest BCUT2D eigenvalue weighted by Gasteiger charge is -2.32. The molecule has 0 amide bonds. The maximum atomic E-state index is 8.88. The summed E-state index contributed by atoms with van der Waals surface area (Å²) >= 11 is 0. The van der Waals surface area contributed by atoms with Crippen molar-refractivity contribution < 1.29 is 9.84 Å². The fraction of sp³-hybridized carbons (Fsp3) is 0.636. The topological polar surface area (TPSA) is 58.5 Å². The molecule has 0 radical (unpaired) electrons. The molecule has 1 N–H and O–H groups in total. The molecule has 1 unspecified atom stereocenters. The van der Waals surface area contributed by atoms with Crippen LogP contribution in [0.5, 0.6) is 0 Å². The molecule has 16 heavy (non-hydrogen) atoms. The first kappa shape index (κ1) is 11.3. The molecule has 0 aliphatic carbocycles. The van der Waals surface area contributed by atoms with Gasteiger partial charge in [-0.3, -0.25) is 4.98 Å². The zero-order valence-corrected chi connectivity index (χ0v) is 9.46. The van der Waals surface area contributed by atoms with Gasteiger partial charge in [0.2, 0.25) is 0 Å². The summed E-state index contributed by atoms with van der Waals surface area (Å²) in [5.41, 5.74) is 0.601. The first-order valence-corrected chi connectivity index (χ1v) is 5.53. The van der Waals surface area contributed by atoms with Gasteiger partial charge in [0.15, 0.2) is 0 Å².